The van der Waals surface area contributed by atoms with Gasteiger partial charge in [-0.1, -0.05) is 18.1 Å². The van der Waals surface area contributed by atoms with Gasteiger partial charge in [-0.25, -0.2) is 14.4 Å². The second-order valence-corrected chi connectivity index (χ2v) is 4.69. The van der Waals surface area contributed by atoms with E-state index in [1.165, 1.54) is 12.1 Å². The monoisotopic (exact) mass is 269 g/mol. The van der Waals surface area contributed by atoms with E-state index in [0.717, 1.165) is 29.2 Å². The van der Waals surface area contributed by atoms with Gasteiger partial charge in [-0.15, -0.1) is 0 Å². The van der Waals surface area contributed by atoms with Gasteiger partial charge in [-0.05, 0) is 25.1 Å². The van der Waals surface area contributed by atoms with Crippen molar-refractivity contribution in [3.63, 3.8) is 0 Å². The van der Waals surface area contributed by atoms with Gasteiger partial charge < -0.3 is 4.90 Å². The predicted octanol–water partition coefficient (Wildman–Crippen LogP) is 2.02. The van der Waals surface area contributed by atoms with E-state index in [-0.39, 0.29) is 5.82 Å². The molecule has 1 aromatic rings. The first-order valence-electron chi connectivity index (χ1n) is 6.47. The standard InChI is InChI=1S/C15H17BFN3/c1-4-11-8-12(17)9-13(16)15(11)19-10(2)20(3)14-6-5-7-18-14/h4,6-9H,1,5,16H2,2-3H3/b19-10-. The number of rotatable bonds is 3. The minimum atomic E-state index is -0.273. The molecule has 1 heterocycles. The molecule has 0 bridgehead atoms. The topological polar surface area (TPSA) is 28.0 Å². The van der Waals surface area contributed by atoms with Crippen LogP contribution < -0.4 is 5.46 Å². The Balaban J connectivity index is 2.39. The summed E-state index contributed by atoms with van der Waals surface area (Å²) >= 11 is 0. The van der Waals surface area contributed by atoms with Crippen LogP contribution in [0.1, 0.15) is 18.9 Å². The average molecular weight is 269 g/mol. The van der Waals surface area contributed by atoms with E-state index in [0.29, 0.717) is 5.56 Å². The van der Waals surface area contributed by atoms with Gasteiger partial charge in [0.15, 0.2) is 0 Å². The largest absolute Gasteiger partial charge is 0.318 e. The molecule has 0 N–H and O–H groups in total. The van der Waals surface area contributed by atoms with Crippen molar-refractivity contribution in [1.82, 2.24) is 4.90 Å². The van der Waals surface area contributed by atoms with E-state index in [1.807, 2.05) is 39.0 Å². The molecule has 5 heteroatoms. The van der Waals surface area contributed by atoms with Crippen molar-refractivity contribution in [3.05, 3.63) is 42.0 Å². The lowest BCUT2D eigenvalue weighted by molar-refractivity contribution is 0.616. The maximum absolute atomic E-state index is 13.4. The van der Waals surface area contributed by atoms with Crippen molar-refractivity contribution >= 4 is 37.1 Å². The van der Waals surface area contributed by atoms with Crippen LogP contribution in [-0.4, -0.2) is 31.8 Å². The zero-order valence-corrected chi connectivity index (χ0v) is 12.0. The summed E-state index contributed by atoms with van der Waals surface area (Å²) in [6, 6.07) is 2.92. The Labute approximate surface area is 119 Å². The van der Waals surface area contributed by atoms with Gasteiger partial charge in [0.2, 0.25) is 0 Å². The molecule has 0 fully saturated rings. The molecule has 102 valence electrons. The molecule has 0 spiro atoms. The number of benzene rings is 1. The van der Waals surface area contributed by atoms with Gasteiger partial charge >= 0.3 is 0 Å². The van der Waals surface area contributed by atoms with Crippen LogP contribution in [0, 0.1) is 5.82 Å². The third kappa shape index (κ3) is 2.87. The fraction of sp³-hybridized carbons (Fsp3) is 0.200. The zero-order chi connectivity index (χ0) is 14.7. The zero-order valence-electron chi connectivity index (χ0n) is 12.0. The van der Waals surface area contributed by atoms with Crippen molar-refractivity contribution in [2.24, 2.45) is 9.98 Å². The number of nitrogens with zero attached hydrogens (tertiary/aromatic N) is 3. The Kier molecular flexibility index (Phi) is 4.18. The van der Waals surface area contributed by atoms with Gasteiger partial charge in [0.25, 0.3) is 0 Å². The van der Waals surface area contributed by atoms with Gasteiger partial charge in [-0.3, -0.25) is 0 Å². The minimum absolute atomic E-state index is 0.273. The highest BCUT2D eigenvalue weighted by atomic mass is 19.1. The van der Waals surface area contributed by atoms with Crippen LogP contribution in [0.4, 0.5) is 10.1 Å². The fourth-order valence-corrected chi connectivity index (χ4v) is 2.05. The second-order valence-electron chi connectivity index (χ2n) is 4.69. The SMILES string of the molecule is Bc1cc(F)cc(C=C)c1/N=C(/C)N(C)C1=CCC=N1. The summed E-state index contributed by atoms with van der Waals surface area (Å²) in [4.78, 5) is 10.8. The van der Waals surface area contributed by atoms with Gasteiger partial charge in [0.1, 0.15) is 25.3 Å². The summed E-state index contributed by atoms with van der Waals surface area (Å²) in [6.45, 7) is 5.63. The van der Waals surface area contributed by atoms with Gasteiger partial charge in [0.05, 0.1) is 5.69 Å². The molecule has 0 aliphatic carbocycles. The highest BCUT2D eigenvalue weighted by molar-refractivity contribution is 6.36. The number of allylic oxidation sites excluding steroid dienone is 1. The molecular formula is C15H17BFN3. The Morgan fingerprint density at radius 3 is 2.90 bits per heavy atom. The van der Waals surface area contributed by atoms with Crippen molar-refractivity contribution in [3.8, 4) is 0 Å². The van der Waals surface area contributed by atoms with E-state index in [2.05, 4.69) is 16.6 Å². The summed E-state index contributed by atoms with van der Waals surface area (Å²) < 4.78 is 13.4. The summed E-state index contributed by atoms with van der Waals surface area (Å²) in [5.74, 6) is 1.41. The van der Waals surface area contributed by atoms with E-state index in [9.17, 15) is 4.39 Å². The maximum atomic E-state index is 13.4. The fourth-order valence-electron chi connectivity index (χ4n) is 2.05. The van der Waals surface area contributed by atoms with E-state index >= 15 is 0 Å². The minimum Gasteiger partial charge on any atom is -0.318 e. The molecule has 1 aromatic carbocycles. The smallest absolute Gasteiger partial charge is 0.142 e. The highest BCUT2D eigenvalue weighted by Gasteiger charge is 2.11. The summed E-state index contributed by atoms with van der Waals surface area (Å²) in [5, 5.41) is 0. The Bertz CT molecular complexity index is 632. The van der Waals surface area contributed by atoms with E-state index in [1.54, 1.807) is 6.08 Å². The molecule has 0 radical (unpaired) electrons. The Hall–Kier alpha value is -2.17. The number of aliphatic imine (C=N–C) groups is 2. The molecule has 20 heavy (non-hydrogen) atoms. The number of halogens is 1. The molecule has 0 aromatic heterocycles. The van der Waals surface area contributed by atoms with Crippen molar-refractivity contribution in [1.29, 1.82) is 0 Å². The number of hydrogen-bond acceptors (Lipinski definition) is 2. The van der Waals surface area contributed by atoms with Crippen molar-refractivity contribution < 1.29 is 4.39 Å². The lowest BCUT2D eigenvalue weighted by Crippen LogP contribution is -2.22. The first-order valence-corrected chi connectivity index (χ1v) is 6.47. The molecule has 2 rings (SSSR count). The van der Waals surface area contributed by atoms with Crippen molar-refractivity contribution in [2.45, 2.75) is 13.3 Å². The van der Waals surface area contributed by atoms with Crippen LogP contribution >= 0.6 is 0 Å². The molecule has 1 aliphatic rings. The Morgan fingerprint density at radius 2 is 2.30 bits per heavy atom. The van der Waals surface area contributed by atoms with Crippen LogP contribution in [0.25, 0.3) is 6.08 Å². The third-order valence-electron chi connectivity index (χ3n) is 3.25. The summed E-state index contributed by atoms with van der Waals surface area (Å²) in [6.07, 6.45) is 6.36. The van der Waals surface area contributed by atoms with Crippen LogP contribution in [-0.2, 0) is 0 Å². The Morgan fingerprint density at radius 1 is 1.55 bits per heavy atom. The van der Waals surface area contributed by atoms with Crippen LogP contribution in [0.5, 0.6) is 0 Å². The molecule has 1 aliphatic heterocycles. The van der Waals surface area contributed by atoms with E-state index < -0.39 is 0 Å². The normalized spacial score (nSPS) is 14.3. The van der Waals surface area contributed by atoms with Gasteiger partial charge in [0, 0.05) is 25.2 Å². The first kappa shape index (κ1) is 14.2. The molecule has 3 nitrogen and oxygen atoms in total. The van der Waals surface area contributed by atoms with Crippen molar-refractivity contribution in [2.75, 3.05) is 7.05 Å². The highest BCUT2D eigenvalue weighted by Crippen LogP contribution is 2.20. The average Bonchev–Trinajstić information content (AvgIpc) is 2.94. The molecule has 0 unspecified atom stereocenters. The van der Waals surface area contributed by atoms with Crippen LogP contribution in [0.2, 0.25) is 0 Å². The first-order chi connectivity index (χ1) is 9.52. The molecular weight excluding hydrogens is 252 g/mol. The lowest BCUT2D eigenvalue weighted by atomic mass is 9.91. The molecule has 0 amide bonds. The summed E-state index contributed by atoms with van der Waals surface area (Å²) in [7, 11) is 3.76. The molecule has 0 atom stereocenters. The van der Waals surface area contributed by atoms with Gasteiger partial charge in [-0.2, -0.15) is 0 Å². The molecule has 0 saturated heterocycles. The predicted molar refractivity (Wildman–Crippen MR) is 86.4 cm³/mol. The third-order valence-corrected chi connectivity index (χ3v) is 3.25. The van der Waals surface area contributed by atoms with Crippen LogP contribution in [0.3, 0.4) is 0 Å². The second kappa shape index (κ2) is 5.86. The quantitative estimate of drug-likeness (QED) is 0.468. The molecule has 0 saturated carbocycles. The lowest BCUT2D eigenvalue weighted by Gasteiger charge is -2.18. The van der Waals surface area contributed by atoms with Crippen LogP contribution in [0.15, 0.2) is 40.6 Å². The maximum Gasteiger partial charge on any atom is 0.142 e. The number of hydrogen-bond donors (Lipinski definition) is 0. The summed E-state index contributed by atoms with van der Waals surface area (Å²) in [5.41, 5.74) is 2.23. The van der Waals surface area contributed by atoms with E-state index in [4.69, 9.17) is 0 Å². The number of amidine groups is 1.